The van der Waals surface area contributed by atoms with E-state index in [1.807, 2.05) is 33.8 Å². The highest BCUT2D eigenvalue weighted by atomic mass is 35.5. The summed E-state index contributed by atoms with van der Waals surface area (Å²) in [7, 11) is 0. The SMILES string of the molecule is CC(N)Cc1c(Cl)cccc1OC(C)C(=O)NC(C)(C)C. The third kappa shape index (κ3) is 5.94. The predicted molar refractivity (Wildman–Crippen MR) is 86.8 cm³/mol. The van der Waals surface area contributed by atoms with Crippen molar-refractivity contribution < 1.29 is 9.53 Å². The van der Waals surface area contributed by atoms with Gasteiger partial charge in [0.2, 0.25) is 0 Å². The lowest BCUT2D eigenvalue weighted by atomic mass is 10.1. The van der Waals surface area contributed by atoms with Crippen molar-refractivity contribution in [2.75, 3.05) is 0 Å². The molecule has 118 valence electrons. The predicted octanol–water partition coefficient (Wildman–Crippen LogP) is 2.91. The Balaban J connectivity index is 2.87. The van der Waals surface area contributed by atoms with Gasteiger partial charge in [0.1, 0.15) is 5.75 Å². The Morgan fingerprint density at radius 3 is 2.52 bits per heavy atom. The van der Waals surface area contributed by atoms with Crippen molar-refractivity contribution >= 4 is 17.5 Å². The molecule has 1 rings (SSSR count). The number of carbonyl (C=O) groups excluding carboxylic acids is 1. The molecule has 5 heteroatoms. The van der Waals surface area contributed by atoms with Gasteiger partial charge in [0, 0.05) is 22.2 Å². The van der Waals surface area contributed by atoms with Crippen LogP contribution in [-0.2, 0) is 11.2 Å². The molecule has 0 saturated carbocycles. The average Bonchev–Trinajstić information content (AvgIpc) is 2.31. The average molecular weight is 313 g/mol. The molecule has 0 aromatic heterocycles. The van der Waals surface area contributed by atoms with Crippen LogP contribution in [0.5, 0.6) is 5.75 Å². The number of hydrogen-bond donors (Lipinski definition) is 2. The molecule has 1 aromatic carbocycles. The molecule has 0 aliphatic heterocycles. The van der Waals surface area contributed by atoms with E-state index in [0.29, 0.717) is 17.2 Å². The summed E-state index contributed by atoms with van der Waals surface area (Å²) in [6, 6.07) is 5.37. The smallest absolute Gasteiger partial charge is 0.261 e. The van der Waals surface area contributed by atoms with Crippen LogP contribution in [0.4, 0.5) is 0 Å². The Morgan fingerprint density at radius 1 is 1.38 bits per heavy atom. The Morgan fingerprint density at radius 2 is 2.00 bits per heavy atom. The fourth-order valence-corrected chi connectivity index (χ4v) is 2.13. The summed E-state index contributed by atoms with van der Waals surface area (Å²) >= 11 is 6.21. The van der Waals surface area contributed by atoms with Crippen molar-refractivity contribution in [3.8, 4) is 5.75 Å². The van der Waals surface area contributed by atoms with Crippen LogP contribution in [0, 0.1) is 0 Å². The molecular formula is C16H25ClN2O2. The zero-order chi connectivity index (χ0) is 16.2. The number of amides is 1. The summed E-state index contributed by atoms with van der Waals surface area (Å²) in [5.41, 5.74) is 6.39. The number of nitrogens with one attached hydrogen (secondary N) is 1. The van der Waals surface area contributed by atoms with E-state index in [2.05, 4.69) is 5.32 Å². The lowest BCUT2D eigenvalue weighted by Crippen LogP contribution is -2.46. The van der Waals surface area contributed by atoms with Crippen LogP contribution < -0.4 is 15.8 Å². The van der Waals surface area contributed by atoms with Crippen molar-refractivity contribution in [3.63, 3.8) is 0 Å². The van der Waals surface area contributed by atoms with Crippen LogP contribution in [0.25, 0.3) is 0 Å². The van der Waals surface area contributed by atoms with Gasteiger partial charge in [-0.25, -0.2) is 0 Å². The first kappa shape index (κ1) is 17.8. The quantitative estimate of drug-likeness (QED) is 0.878. The Hall–Kier alpha value is -1.26. The second-order valence-corrected chi connectivity index (χ2v) is 6.80. The minimum atomic E-state index is -0.602. The third-order valence-electron chi connectivity index (χ3n) is 2.77. The third-order valence-corrected chi connectivity index (χ3v) is 3.13. The molecule has 0 heterocycles. The maximum absolute atomic E-state index is 12.1. The lowest BCUT2D eigenvalue weighted by molar-refractivity contribution is -0.128. The standard InChI is InChI=1S/C16H25ClN2O2/c1-10(18)9-12-13(17)7-6-8-14(12)21-11(2)15(20)19-16(3,4)5/h6-8,10-11H,9,18H2,1-5H3,(H,19,20). The van der Waals surface area contributed by atoms with Gasteiger partial charge in [-0.2, -0.15) is 0 Å². The van der Waals surface area contributed by atoms with Crippen LogP contribution in [0.2, 0.25) is 5.02 Å². The Kier molecular flexibility index (Phi) is 6.05. The summed E-state index contributed by atoms with van der Waals surface area (Å²) in [5, 5.41) is 3.50. The number of halogens is 1. The van der Waals surface area contributed by atoms with Gasteiger partial charge < -0.3 is 15.8 Å². The number of benzene rings is 1. The van der Waals surface area contributed by atoms with E-state index < -0.39 is 6.10 Å². The van der Waals surface area contributed by atoms with Crippen LogP contribution in [-0.4, -0.2) is 23.6 Å². The molecule has 0 aliphatic rings. The second kappa shape index (κ2) is 7.14. The fourth-order valence-electron chi connectivity index (χ4n) is 1.88. The molecule has 0 saturated heterocycles. The molecule has 0 spiro atoms. The van der Waals surface area contributed by atoms with Crippen molar-refractivity contribution in [2.24, 2.45) is 5.73 Å². The van der Waals surface area contributed by atoms with Crippen molar-refractivity contribution in [1.29, 1.82) is 0 Å². The van der Waals surface area contributed by atoms with Crippen molar-refractivity contribution in [2.45, 2.75) is 58.7 Å². The first-order valence-electron chi connectivity index (χ1n) is 7.12. The molecule has 0 radical (unpaired) electrons. The summed E-state index contributed by atoms with van der Waals surface area (Å²) < 4.78 is 5.78. The number of hydrogen-bond acceptors (Lipinski definition) is 3. The highest BCUT2D eigenvalue weighted by Crippen LogP contribution is 2.28. The summed E-state index contributed by atoms with van der Waals surface area (Å²) in [6.07, 6.45) is -0.00248. The van der Waals surface area contributed by atoms with Gasteiger partial charge in [0.05, 0.1) is 0 Å². The molecule has 4 nitrogen and oxygen atoms in total. The van der Waals surface area contributed by atoms with E-state index >= 15 is 0 Å². The van der Waals surface area contributed by atoms with Crippen molar-refractivity contribution in [3.05, 3.63) is 28.8 Å². The maximum atomic E-state index is 12.1. The first-order valence-corrected chi connectivity index (χ1v) is 7.49. The lowest BCUT2D eigenvalue weighted by Gasteiger charge is -2.24. The van der Waals surface area contributed by atoms with E-state index in [4.69, 9.17) is 22.1 Å². The normalized spacial score (nSPS) is 14.4. The largest absolute Gasteiger partial charge is 0.481 e. The minimum absolute atomic E-state index is 0.0362. The molecule has 21 heavy (non-hydrogen) atoms. The minimum Gasteiger partial charge on any atom is -0.481 e. The molecule has 2 unspecified atom stereocenters. The topological polar surface area (TPSA) is 64.3 Å². The van der Waals surface area contributed by atoms with Crippen LogP contribution >= 0.6 is 11.6 Å². The summed E-state index contributed by atoms with van der Waals surface area (Å²) in [6.45, 7) is 9.41. The van der Waals surface area contributed by atoms with Gasteiger partial charge in [-0.3, -0.25) is 4.79 Å². The summed E-state index contributed by atoms with van der Waals surface area (Å²) in [5.74, 6) is 0.450. The molecule has 0 bridgehead atoms. The van der Waals surface area contributed by atoms with Gasteiger partial charge in [0.25, 0.3) is 5.91 Å². The molecular weight excluding hydrogens is 288 g/mol. The number of ether oxygens (including phenoxy) is 1. The molecule has 0 fully saturated rings. The summed E-state index contributed by atoms with van der Waals surface area (Å²) in [4.78, 5) is 12.1. The molecule has 2 atom stereocenters. The van der Waals surface area contributed by atoms with E-state index in [0.717, 1.165) is 5.56 Å². The highest BCUT2D eigenvalue weighted by molar-refractivity contribution is 6.31. The molecule has 3 N–H and O–H groups in total. The fraction of sp³-hybridized carbons (Fsp3) is 0.562. The van der Waals surface area contributed by atoms with Crippen LogP contribution in [0.15, 0.2) is 18.2 Å². The van der Waals surface area contributed by atoms with Gasteiger partial charge >= 0.3 is 0 Å². The maximum Gasteiger partial charge on any atom is 0.261 e. The zero-order valence-corrected chi connectivity index (χ0v) is 14.1. The van der Waals surface area contributed by atoms with Crippen LogP contribution in [0.1, 0.15) is 40.2 Å². The second-order valence-electron chi connectivity index (χ2n) is 6.40. The van der Waals surface area contributed by atoms with E-state index in [1.165, 1.54) is 0 Å². The number of rotatable bonds is 5. The number of nitrogens with two attached hydrogens (primary N) is 1. The Bertz CT molecular complexity index is 496. The monoisotopic (exact) mass is 312 g/mol. The van der Waals surface area contributed by atoms with Gasteiger partial charge in [0.15, 0.2) is 6.10 Å². The van der Waals surface area contributed by atoms with Crippen molar-refractivity contribution in [1.82, 2.24) is 5.32 Å². The Labute approximate surface area is 132 Å². The van der Waals surface area contributed by atoms with Gasteiger partial charge in [-0.05, 0) is 53.2 Å². The highest BCUT2D eigenvalue weighted by Gasteiger charge is 2.22. The molecule has 0 aliphatic carbocycles. The van der Waals surface area contributed by atoms with E-state index in [1.54, 1.807) is 19.1 Å². The zero-order valence-electron chi connectivity index (χ0n) is 13.4. The number of carbonyl (C=O) groups is 1. The molecule has 1 amide bonds. The van der Waals surface area contributed by atoms with E-state index in [9.17, 15) is 4.79 Å². The first-order chi connectivity index (χ1) is 9.60. The van der Waals surface area contributed by atoms with Gasteiger partial charge in [-0.1, -0.05) is 17.7 Å². The molecule has 1 aromatic rings. The van der Waals surface area contributed by atoms with Crippen LogP contribution in [0.3, 0.4) is 0 Å². The van der Waals surface area contributed by atoms with E-state index in [-0.39, 0.29) is 17.5 Å². The van der Waals surface area contributed by atoms with Gasteiger partial charge in [-0.15, -0.1) is 0 Å².